The number of sulfonamides is 1. The first kappa shape index (κ1) is 22.2. The summed E-state index contributed by atoms with van der Waals surface area (Å²) in [6.45, 7) is 0.794. The smallest absolute Gasteiger partial charge is 0.490 e. The van der Waals surface area contributed by atoms with Gasteiger partial charge in [0.2, 0.25) is 0 Å². The highest BCUT2D eigenvalue weighted by atomic mass is 35.5. The van der Waals surface area contributed by atoms with Gasteiger partial charge in [-0.2, -0.15) is 22.7 Å². The number of amides is 1. The Hall–Kier alpha value is -2.10. The van der Waals surface area contributed by atoms with Gasteiger partial charge in [0.1, 0.15) is 23.0 Å². The van der Waals surface area contributed by atoms with Gasteiger partial charge in [-0.25, -0.2) is 13.4 Å². The van der Waals surface area contributed by atoms with Crippen LogP contribution in [-0.4, -0.2) is 54.4 Å². The van der Waals surface area contributed by atoms with E-state index in [1.807, 2.05) is 6.07 Å². The molecule has 1 atom stereocenters. The molecule has 0 aromatic carbocycles. The zero-order chi connectivity index (χ0) is 21.3. The predicted octanol–water partition coefficient (Wildman–Crippen LogP) is 2.07. The van der Waals surface area contributed by atoms with Crippen LogP contribution in [0.5, 0.6) is 5.75 Å². The maximum absolute atomic E-state index is 12.6. The molecular formula is C15H16ClF3N4O4S. The number of hydrogen-bond donors (Lipinski definition) is 1. The molecule has 1 aliphatic rings. The topological polar surface area (TPSA) is 112 Å². The highest BCUT2D eigenvalue weighted by molar-refractivity contribution is 7.90. The van der Waals surface area contributed by atoms with Gasteiger partial charge in [0, 0.05) is 7.05 Å². The third kappa shape index (κ3) is 4.65. The lowest BCUT2D eigenvalue weighted by atomic mass is 10.2. The Morgan fingerprint density at radius 3 is 2.64 bits per heavy atom. The molecule has 2 rings (SSSR count). The normalized spacial score (nSPS) is 16.9. The molecule has 1 fully saturated rings. The second-order valence-corrected chi connectivity index (χ2v) is 8.63. The van der Waals surface area contributed by atoms with Gasteiger partial charge < -0.3 is 10.1 Å². The number of carbonyl (C=O) groups is 1. The molecular weight excluding hydrogens is 425 g/mol. The van der Waals surface area contributed by atoms with E-state index < -0.39 is 39.6 Å². The van der Waals surface area contributed by atoms with Crippen molar-refractivity contribution >= 4 is 27.5 Å². The van der Waals surface area contributed by atoms with E-state index >= 15 is 0 Å². The second-order valence-electron chi connectivity index (χ2n) is 6.28. The monoisotopic (exact) mass is 440 g/mol. The van der Waals surface area contributed by atoms with E-state index in [0.717, 1.165) is 13.2 Å². The Kier molecular flexibility index (Phi) is 6.13. The average molecular weight is 441 g/mol. The number of alkyl halides is 3. The van der Waals surface area contributed by atoms with Crippen LogP contribution in [-0.2, 0) is 10.0 Å². The SMILES string of the molecule is C[C@@H](COc1cnc(Cl)c(C(=O)NC2(C#N)CC2)c1)N(C)S(=O)(=O)C(F)(F)F. The van der Waals surface area contributed by atoms with E-state index in [2.05, 4.69) is 10.3 Å². The molecule has 8 nitrogen and oxygen atoms in total. The van der Waals surface area contributed by atoms with Gasteiger partial charge in [-0.3, -0.25) is 4.79 Å². The molecule has 13 heteroatoms. The van der Waals surface area contributed by atoms with Crippen molar-refractivity contribution < 1.29 is 31.1 Å². The molecule has 154 valence electrons. The van der Waals surface area contributed by atoms with Crippen molar-refractivity contribution in [1.29, 1.82) is 5.26 Å². The fourth-order valence-electron chi connectivity index (χ4n) is 2.06. The average Bonchev–Trinajstić information content (AvgIpc) is 3.38. The summed E-state index contributed by atoms with van der Waals surface area (Å²) in [6, 6.07) is 2.04. The van der Waals surface area contributed by atoms with Crippen molar-refractivity contribution in [2.45, 2.75) is 36.9 Å². The third-order valence-electron chi connectivity index (χ3n) is 4.16. The minimum Gasteiger partial charge on any atom is -0.490 e. The number of hydrogen-bond acceptors (Lipinski definition) is 6. The number of halogens is 4. The van der Waals surface area contributed by atoms with Crippen LogP contribution in [0.3, 0.4) is 0 Å². The summed E-state index contributed by atoms with van der Waals surface area (Å²) in [5.41, 5.74) is -6.44. The molecule has 0 spiro atoms. The van der Waals surface area contributed by atoms with Crippen LogP contribution < -0.4 is 10.1 Å². The maximum atomic E-state index is 12.6. The minimum atomic E-state index is -5.50. The fraction of sp³-hybridized carbons (Fsp3) is 0.533. The number of nitriles is 1. The van der Waals surface area contributed by atoms with Gasteiger partial charge >= 0.3 is 15.5 Å². The second kappa shape index (κ2) is 7.73. The van der Waals surface area contributed by atoms with Crippen molar-refractivity contribution in [3.8, 4) is 11.8 Å². The molecule has 0 radical (unpaired) electrons. The maximum Gasteiger partial charge on any atom is 0.511 e. The molecule has 0 saturated heterocycles. The van der Waals surface area contributed by atoms with Crippen molar-refractivity contribution in [3.05, 3.63) is 23.0 Å². The predicted molar refractivity (Wildman–Crippen MR) is 92.0 cm³/mol. The Labute approximate surface area is 164 Å². The van der Waals surface area contributed by atoms with Gasteiger partial charge in [-0.05, 0) is 25.8 Å². The lowest BCUT2D eigenvalue weighted by molar-refractivity contribution is -0.0494. The molecule has 1 N–H and O–H groups in total. The molecule has 28 heavy (non-hydrogen) atoms. The van der Waals surface area contributed by atoms with Crippen LogP contribution in [0.25, 0.3) is 0 Å². The largest absolute Gasteiger partial charge is 0.511 e. The van der Waals surface area contributed by atoms with Gasteiger partial charge in [-0.15, -0.1) is 0 Å². The molecule has 1 heterocycles. The van der Waals surface area contributed by atoms with Gasteiger partial charge in [0.25, 0.3) is 5.91 Å². The summed E-state index contributed by atoms with van der Waals surface area (Å²) in [6.07, 6.45) is 2.16. The first-order valence-electron chi connectivity index (χ1n) is 7.89. The number of carbonyl (C=O) groups excluding carboxylic acids is 1. The van der Waals surface area contributed by atoms with Crippen molar-refractivity contribution in [3.63, 3.8) is 0 Å². The third-order valence-corrected chi connectivity index (χ3v) is 6.16. The van der Waals surface area contributed by atoms with E-state index in [0.29, 0.717) is 12.8 Å². The molecule has 1 aliphatic carbocycles. The summed E-state index contributed by atoms with van der Waals surface area (Å²) >= 11 is 5.88. The van der Waals surface area contributed by atoms with Crippen LogP contribution in [0, 0.1) is 11.3 Å². The minimum absolute atomic E-state index is 0.000936. The molecule has 0 bridgehead atoms. The summed E-state index contributed by atoms with van der Waals surface area (Å²) in [5, 5.41) is 11.4. The Morgan fingerprint density at radius 1 is 1.54 bits per heavy atom. The standard InChI is InChI=1S/C15H16ClF3N4O4S/c1-9(23(2)28(25,26)15(17,18)19)7-27-10-5-11(12(16)21-6-10)13(24)22-14(8-20)3-4-14/h5-6,9H,3-4,7H2,1-2H3,(H,22,24)/t9-/m0/s1. The quantitative estimate of drug-likeness (QED) is 0.649. The van der Waals surface area contributed by atoms with Crippen LogP contribution in [0.2, 0.25) is 5.15 Å². The molecule has 1 aromatic heterocycles. The summed E-state index contributed by atoms with van der Waals surface area (Å²) in [4.78, 5) is 16.0. The van der Waals surface area contributed by atoms with Crippen LogP contribution >= 0.6 is 11.6 Å². The van der Waals surface area contributed by atoms with Crippen LogP contribution in [0.1, 0.15) is 30.1 Å². The van der Waals surface area contributed by atoms with E-state index in [4.69, 9.17) is 21.6 Å². The Morgan fingerprint density at radius 2 is 2.14 bits per heavy atom. The van der Waals surface area contributed by atoms with E-state index in [9.17, 15) is 26.4 Å². The van der Waals surface area contributed by atoms with Gasteiger partial charge in [-0.1, -0.05) is 11.6 Å². The highest BCUT2D eigenvalue weighted by Gasteiger charge is 2.50. The van der Waals surface area contributed by atoms with Gasteiger partial charge in [0.15, 0.2) is 0 Å². The number of likely N-dealkylation sites (N-methyl/N-ethyl adjacent to an activating group) is 1. The van der Waals surface area contributed by atoms with E-state index in [1.165, 1.54) is 13.0 Å². The number of nitrogens with zero attached hydrogens (tertiary/aromatic N) is 3. The molecule has 1 saturated carbocycles. The lowest BCUT2D eigenvalue weighted by Gasteiger charge is -2.25. The first-order chi connectivity index (χ1) is 12.8. The Balaban J connectivity index is 2.07. The van der Waals surface area contributed by atoms with E-state index in [1.54, 1.807) is 0 Å². The van der Waals surface area contributed by atoms with E-state index in [-0.39, 0.29) is 20.8 Å². The van der Waals surface area contributed by atoms with Crippen molar-refractivity contribution in [2.75, 3.05) is 13.7 Å². The molecule has 0 aliphatic heterocycles. The number of rotatable bonds is 7. The highest BCUT2D eigenvalue weighted by Crippen LogP contribution is 2.35. The number of pyridine rings is 1. The van der Waals surface area contributed by atoms with Gasteiger partial charge in [0.05, 0.1) is 23.9 Å². The number of ether oxygens (including phenoxy) is 1. The van der Waals surface area contributed by atoms with Crippen LogP contribution in [0.4, 0.5) is 13.2 Å². The zero-order valence-electron chi connectivity index (χ0n) is 14.7. The lowest BCUT2D eigenvalue weighted by Crippen LogP contribution is -2.45. The number of aromatic nitrogens is 1. The number of nitrogens with one attached hydrogen (secondary N) is 1. The van der Waals surface area contributed by atoms with Crippen molar-refractivity contribution in [2.24, 2.45) is 0 Å². The van der Waals surface area contributed by atoms with Crippen molar-refractivity contribution in [1.82, 2.24) is 14.6 Å². The molecule has 0 unspecified atom stereocenters. The summed E-state index contributed by atoms with van der Waals surface area (Å²) in [5.74, 6) is -0.646. The Bertz CT molecular complexity index is 913. The molecule has 1 amide bonds. The summed E-state index contributed by atoms with van der Waals surface area (Å²) < 4.78 is 66.0. The first-order valence-corrected chi connectivity index (χ1v) is 9.71. The molecule has 1 aromatic rings. The zero-order valence-corrected chi connectivity index (χ0v) is 16.3. The van der Waals surface area contributed by atoms with Crippen LogP contribution in [0.15, 0.2) is 12.3 Å². The fourth-order valence-corrected chi connectivity index (χ4v) is 3.11. The summed E-state index contributed by atoms with van der Waals surface area (Å²) in [7, 11) is -4.72.